The number of hydrogen-bond acceptors (Lipinski definition) is 3. The monoisotopic (exact) mass is 589 g/mol. The molecule has 5 rings (SSSR count). The second kappa shape index (κ2) is 11.5. The van der Waals surface area contributed by atoms with Crippen molar-refractivity contribution < 1.29 is 27.5 Å². The first kappa shape index (κ1) is 28.6. The molecule has 0 bridgehead atoms. The van der Waals surface area contributed by atoms with Crippen molar-refractivity contribution in [2.24, 2.45) is 5.92 Å². The predicted molar refractivity (Wildman–Crippen MR) is 151 cm³/mol. The fourth-order valence-electron chi connectivity index (χ4n) is 5.31. The summed E-state index contributed by atoms with van der Waals surface area (Å²) in [7, 11) is 0. The predicted octanol–water partition coefficient (Wildman–Crippen LogP) is 9.18. The van der Waals surface area contributed by atoms with E-state index in [4.69, 9.17) is 11.6 Å². The average Bonchev–Trinajstić information content (AvgIpc) is 3.28. The normalized spacial score (nSPS) is 18.6. The third kappa shape index (κ3) is 5.90. The molecule has 40 heavy (non-hydrogen) atoms. The number of nitrogens with zero attached hydrogens (tertiary/aromatic N) is 1. The zero-order chi connectivity index (χ0) is 28.6. The van der Waals surface area contributed by atoms with Crippen molar-refractivity contribution in [3.8, 4) is 11.1 Å². The number of alkyl halides is 3. The van der Waals surface area contributed by atoms with Crippen LogP contribution in [0.2, 0.25) is 5.02 Å². The Morgan fingerprint density at radius 3 is 2.33 bits per heavy atom. The second-order valence-electron chi connectivity index (χ2n) is 10.5. The molecule has 1 N–H and O–H groups in total. The van der Waals surface area contributed by atoms with Gasteiger partial charge in [-0.25, -0.2) is 4.39 Å². The Kier molecular flexibility index (Phi) is 8.22. The van der Waals surface area contributed by atoms with Crippen molar-refractivity contribution >= 4 is 38.9 Å². The van der Waals surface area contributed by atoms with E-state index in [1.807, 2.05) is 24.3 Å². The van der Waals surface area contributed by atoms with E-state index in [2.05, 4.69) is 6.92 Å². The van der Waals surface area contributed by atoms with E-state index in [-0.39, 0.29) is 24.1 Å². The third-order valence-electron chi connectivity index (χ3n) is 7.67. The van der Waals surface area contributed by atoms with Crippen molar-refractivity contribution in [3.63, 3.8) is 0 Å². The Balaban J connectivity index is 1.47. The topological polar surface area (TPSA) is 40.5 Å². The summed E-state index contributed by atoms with van der Waals surface area (Å²) in [6.45, 7) is 2.22. The summed E-state index contributed by atoms with van der Waals surface area (Å²) in [5, 5.41) is 10.7. The molecule has 1 heterocycles. The quantitative estimate of drug-likeness (QED) is 0.228. The zero-order valence-corrected chi connectivity index (χ0v) is 23.3. The van der Waals surface area contributed by atoms with Crippen molar-refractivity contribution in [1.29, 1.82) is 0 Å². The van der Waals surface area contributed by atoms with Crippen LogP contribution in [-0.2, 0) is 6.54 Å². The summed E-state index contributed by atoms with van der Waals surface area (Å²) >= 11 is 7.99. The van der Waals surface area contributed by atoms with Crippen LogP contribution in [0, 0.1) is 11.7 Å². The molecule has 1 amide bonds. The Labute approximate surface area is 239 Å². The molecule has 4 aromatic rings. The van der Waals surface area contributed by atoms with E-state index in [0.717, 1.165) is 35.8 Å². The highest BCUT2D eigenvalue weighted by Crippen LogP contribution is 2.38. The van der Waals surface area contributed by atoms with Crippen LogP contribution in [0.1, 0.15) is 59.5 Å². The molecule has 0 aliphatic heterocycles. The van der Waals surface area contributed by atoms with Crippen LogP contribution in [-0.4, -0.2) is 28.1 Å². The maximum Gasteiger partial charge on any atom is 0.418 e. The van der Waals surface area contributed by atoms with Gasteiger partial charge in [0.1, 0.15) is 10.7 Å². The second-order valence-corrected chi connectivity index (χ2v) is 11.9. The molecular weight excluding hydrogens is 562 g/mol. The van der Waals surface area contributed by atoms with Crippen LogP contribution in [0.3, 0.4) is 0 Å². The molecule has 3 nitrogen and oxygen atoms in total. The molecule has 3 aromatic carbocycles. The summed E-state index contributed by atoms with van der Waals surface area (Å²) in [6, 6.07) is 17.3. The molecule has 1 aliphatic rings. The number of carbonyl (C=O) groups is 1. The van der Waals surface area contributed by atoms with E-state index in [0.29, 0.717) is 32.5 Å². The van der Waals surface area contributed by atoms with Gasteiger partial charge in [0.2, 0.25) is 0 Å². The van der Waals surface area contributed by atoms with Gasteiger partial charge in [-0.3, -0.25) is 4.79 Å². The van der Waals surface area contributed by atoms with Gasteiger partial charge in [0, 0.05) is 28.2 Å². The van der Waals surface area contributed by atoms with E-state index in [1.54, 1.807) is 17.0 Å². The van der Waals surface area contributed by atoms with Gasteiger partial charge < -0.3 is 10.0 Å². The number of thiophene rings is 1. The maximum absolute atomic E-state index is 15.2. The number of aliphatic hydroxyl groups is 1. The fourth-order valence-corrected chi connectivity index (χ4v) is 6.78. The summed E-state index contributed by atoms with van der Waals surface area (Å²) in [6.07, 6.45) is -3.81. The van der Waals surface area contributed by atoms with Crippen LogP contribution in [0.5, 0.6) is 0 Å². The van der Waals surface area contributed by atoms with E-state index in [9.17, 15) is 23.1 Å². The molecule has 1 fully saturated rings. The van der Waals surface area contributed by atoms with Crippen LogP contribution in [0.15, 0.2) is 66.7 Å². The Hall–Kier alpha value is -2.94. The summed E-state index contributed by atoms with van der Waals surface area (Å²) in [5.41, 5.74) is 1.19. The van der Waals surface area contributed by atoms with Crippen LogP contribution >= 0.6 is 22.9 Å². The number of benzene rings is 3. The fraction of sp³-hybridized carbons (Fsp3) is 0.323. The summed E-state index contributed by atoms with van der Waals surface area (Å²) < 4.78 is 54.8. The minimum absolute atomic E-state index is 0.0347. The molecule has 9 heteroatoms. The summed E-state index contributed by atoms with van der Waals surface area (Å²) in [4.78, 5) is 16.1. The van der Waals surface area contributed by atoms with Gasteiger partial charge in [0.05, 0.1) is 5.02 Å². The zero-order valence-electron chi connectivity index (χ0n) is 21.7. The van der Waals surface area contributed by atoms with Gasteiger partial charge in [0.25, 0.3) is 5.91 Å². The number of fused-ring (bicyclic) bond motifs is 1. The molecule has 1 saturated carbocycles. The number of rotatable bonds is 6. The molecule has 1 atom stereocenters. The Morgan fingerprint density at radius 2 is 1.68 bits per heavy atom. The van der Waals surface area contributed by atoms with Gasteiger partial charge in [-0.2, -0.15) is 13.2 Å². The first-order chi connectivity index (χ1) is 19.0. The number of halogens is 5. The number of amides is 1. The highest BCUT2D eigenvalue weighted by Gasteiger charge is 2.39. The van der Waals surface area contributed by atoms with E-state index >= 15 is 4.39 Å². The molecule has 210 valence electrons. The van der Waals surface area contributed by atoms with Crippen LogP contribution in [0.25, 0.3) is 21.2 Å². The van der Waals surface area contributed by atoms with E-state index < -0.39 is 18.1 Å². The largest absolute Gasteiger partial charge is 0.418 e. The molecule has 1 unspecified atom stereocenters. The Bertz CT molecular complexity index is 1510. The van der Waals surface area contributed by atoms with Crippen molar-refractivity contribution in [2.45, 2.75) is 57.5 Å². The standard InChI is InChI=1S/C31H28ClF4NO2S/c1-18-6-13-23(14-7-18)37(30(39)28-27(32)24-4-2-3-5-26(24)40-28)17-22-16-21(12-15-25(22)33)19-8-10-20(11-9-19)29(38)31(34,35)36/h2-5,8-12,15-16,18,23,29,38H,6-7,13-14,17H2,1H3/t18-,23-,29?. The first-order valence-corrected chi connectivity index (χ1v) is 14.3. The average molecular weight is 590 g/mol. The lowest BCUT2D eigenvalue weighted by Crippen LogP contribution is -2.41. The molecule has 1 aromatic heterocycles. The number of aliphatic hydroxyl groups excluding tert-OH is 1. The number of hydrogen-bond donors (Lipinski definition) is 1. The minimum Gasteiger partial charge on any atom is -0.379 e. The highest BCUT2D eigenvalue weighted by atomic mass is 35.5. The molecule has 0 spiro atoms. The van der Waals surface area contributed by atoms with E-state index in [1.165, 1.54) is 41.7 Å². The lowest BCUT2D eigenvalue weighted by atomic mass is 9.86. The van der Waals surface area contributed by atoms with Gasteiger partial charge in [-0.15, -0.1) is 11.3 Å². The first-order valence-electron chi connectivity index (χ1n) is 13.1. The molecule has 0 radical (unpaired) electrons. The highest BCUT2D eigenvalue weighted by molar-refractivity contribution is 7.21. The SMILES string of the molecule is C[C@H]1CC[C@H](N(Cc2cc(-c3ccc(C(O)C(F)(F)F)cc3)ccc2F)C(=O)c2sc3ccccc3c2Cl)CC1. The van der Waals surface area contributed by atoms with Crippen molar-refractivity contribution in [3.05, 3.63) is 93.6 Å². The lowest BCUT2D eigenvalue weighted by Gasteiger charge is -2.36. The molecular formula is C31H28ClF4NO2S. The Morgan fingerprint density at radius 1 is 1.02 bits per heavy atom. The lowest BCUT2D eigenvalue weighted by molar-refractivity contribution is -0.206. The number of carbonyl (C=O) groups excluding carboxylic acids is 1. The van der Waals surface area contributed by atoms with Crippen LogP contribution < -0.4 is 0 Å². The van der Waals surface area contributed by atoms with Gasteiger partial charge >= 0.3 is 6.18 Å². The van der Waals surface area contributed by atoms with Crippen LogP contribution in [0.4, 0.5) is 17.6 Å². The van der Waals surface area contributed by atoms with Crippen molar-refractivity contribution in [1.82, 2.24) is 4.90 Å². The third-order valence-corrected chi connectivity index (χ3v) is 9.34. The van der Waals surface area contributed by atoms with Crippen molar-refractivity contribution in [2.75, 3.05) is 0 Å². The molecule has 0 saturated heterocycles. The van der Waals surface area contributed by atoms with Gasteiger partial charge in [-0.05, 0) is 66.5 Å². The van der Waals surface area contributed by atoms with Gasteiger partial charge in [-0.1, -0.05) is 67.1 Å². The summed E-state index contributed by atoms with van der Waals surface area (Å²) in [5.74, 6) is -0.154. The smallest absolute Gasteiger partial charge is 0.379 e. The maximum atomic E-state index is 15.2. The van der Waals surface area contributed by atoms with Gasteiger partial charge in [0.15, 0.2) is 6.10 Å². The molecule has 1 aliphatic carbocycles. The minimum atomic E-state index is -4.77.